The number of benzene rings is 1. The molecule has 0 aliphatic heterocycles. The van der Waals surface area contributed by atoms with E-state index in [2.05, 4.69) is 11.8 Å². The van der Waals surface area contributed by atoms with Crippen molar-refractivity contribution in [3.8, 4) is 0 Å². The molecule has 0 aliphatic carbocycles. The van der Waals surface area contributed by atoms with Crippen LogP contribution in [-0.2, 0) is 4.79 Å². The smallest absolute Gasteiger partial charge is 0.310 e. The minimum absolute atomic E-state index is 0.155. The monoisotopic (exact) mass is 297 g/mol. The molecule has 1 aromatic carbocycles. The summed E-state index contributed by atoms with van der Waals surface area (Å²) in [5.74, 6) is -0.727. The van der Waals surface area contributed by atoms with Crippen molar-refractivity contribution in [2.45, 2.75) is 39.7 Å². The number of carbonyl (C=O) groups is 1. The Bertz CT molecular complexity index is 446. The first-order chi connectivity index (χ1) is 9.30. The van der Waals surface area contributed by atoms with Crippen molar-refractivity contribution in [1.82, 2.24) is 4.90 Å². The third-order valence-corrected chi connectivity index (χ3v) is 4.18. The standard InChI is InChI=1S/C16H24ClNO2/c1-5-10-16(3,15(19)20)11-18(4)12(2)13-6-8-14(17)9-7-13/h6-9,12H,5,10-11H2,1-4H3,(H,19,20). The molecule has 0 saturated carbocycles. The van der Waals surface area contributed by atoms with Crippen molar-refractivity contribution >= 4 is 17.6 Å². The topological polar surface area (TPSA) is 40.5 Å². The van der Waals surface area contributed by atoms with E-state index in [9.17, 15) is 9.90 Å². The van der Waals surface area contributed by atoms with Gasteiger partial charge in [-0.05, 0) is 45.0 Å². The van der Waals surface area contributed by atoms with E-state index < -0.39 is 11.4 Å². The van der Waals surface area contributed by atoms with Crippen LogP contribution in [0, 0.1) is 5.41 Å². The van der Waals surface area contributed by atoms with Gasteiger partial charge in [0, 0.05) is 17.6 Å². The number of aliphatic carboxylic acids is 1. The van der Waals surface area contributed by atoms with Crippen LogP contribution in [0.2, 0.25) is 5.02 Å². The van der Waals surface area contributed by atoms with Crippen molar-refractivity contribution < 1.29 is 9.90 Å². The number of carboxylic acids is 1. The highest BCUT2D eigenvalue weighted by Crippen LogP contribution is 2.29. The fraction of sp³-hybridized carbons (Fsp3) is 0.562. The van der Waals surface area contributed by atoms with Crippen LogP contribution in [0.4, 0.5) is 0 Å². The molecule has 0 radical (unpaired) electrons. The zero-order valence-corrected chi connectivity index (χ0v) is 13.4. The number of hydrogen-bond acceptors (Lipinski definition) is 2. The molecule has 1 N–H and O–H groups in total. The van der Waals surface area contributed by atoms with E-state index in [1.165, 1.54) is 0 Å². The van der Waals surface area contributed by atoms with E-state index in [0.29, 0.717) is 18.0 Å². The summed E-state index contributed by atoms with van der Waals surface area (Å²) in [4.78, 5) is 13.6. The van der Waals surface area contributed by atoms with Crippen molar-refractivity contribution in [2.24, 2.45) is 5.41 Å². The van der Waals surface area contributed by atoms with Crippen molar-refractivity contribution in [3.63, 3.8) is 0 Å². The summed E-state index contributed by atoms with van der Waals surface area (Å²) in [6.45, 7) is 6.45. The van der Waals surface area contributed by atoms with Gasteiger partial charge in [0.1, 0.15) is 0 Å². The first-order valence-corrected chi connectivity index (χ1v) is 7.37. The lowest BCUT2D eigenvalue weighted by Crippen LogP contribution is -2.40. The van der Waals surface area contributed by atoms with Crippen molar-refractivity contribution in [1.29, 1.82) is 0 Å². The number of rotatable bonds is 7. The van der Waals surface area contributed by atoms with Gasteiger partial charge in [-0.25, -0.2) is 0 Å². The highest BCUT2D eigenvalue weighted by molar-refractivity contribution is 6.30. The second-order valence-electron chi connectivity index (χ2n) is 5.76. The van der Waals surface area contributed by atoms with E-state index in [1.807, 2.05) is 45.2 Å². The molecule has 3 nitrogen and oxygen atoms in total. The fourth-order valence-electron chi connectivity index (χ4n) is 2.49. The maximum absolute atomic E-state index is 11.5. The SMILES string of the molecule is CCCC(C)(CN(C)C(C)c1ccc(Cl)cc1)C(=O)O. The minimum Gasteiger partial charge on any atom is -0.481 e. The molecule has 1 rings (SSSR count). The lowest BCUT2D eigenvalue weighted by atomic mass is 9.84. The van der Waals surface area contributed by atoms with Crippen LogP contribution in [0.5, 0.6) is 0 Å². The van der Waals surface area contributed by atoms with Gasteiger partial charge in [0.15, 0.2) is 0 Å². The Morgan fingerprint density at radius 1 is 1.40 bits per heavy atom. The van der Waals surface area contributed by atoms with Gasteiger partial charge in [0.2, 0.25) is 0 Å². The predicted molar refractivity (Wildman–Crippen MR) is 83.1 cm³/mol. The summed E-state index contributed by atoms with van der Waals surface area (Å²) >= 11 is 5.89. The first-order valence-electron chi connectivity index (χ1n) is 6.99. The molecule has 0 amide bonds. The number of nitrogens with zero attached hydrogens (tertiary/aromatic N) is 1. The molecule has 0 spiro atoms. The van der Waals surface area contributed by atoms with Gasteiger partial charge in [0.25, 0.3) is 0 Å². The zero-order chi connectivity index (χ0) is 15.3. The van der Waals surface area contributed by atoms with Crippen molar-refractivity contribution in [3.05, 3.63) is 34.9 Å². The molecular weight excluding hydrogens is 274 g/mol. The normalized spacial score (nSPS) is 15.9. The minimum atomic E-state index is -0.727. The average Bonchev–Trinajstić information content (AvgIpc) is 2.38. The zero-order valence-electron chi connectivity index (χ0n) is 12.7. The Morgan fingerprint density at radius 3 is 2.40 bits per heavy atom. The summed E-state index contributed by atoms with van der Waals surface area (Å²) < 4.78 is 0. The fourth-order valence-corrected chi connectivity index (χ4v) is 2.61. The van der Waals surface area contributed by atoms with Crippen LogP contribution in [-0.4, -0.2) is 29.6 Å². The van der Waals surface area contributed by atoms with Crippen LogP contribution in [0.25, 0.3) is 0 Å². The Labute approximate surface area is 126 Å². The second-order valence-corrected chi connectivity index (χ2v) is 6.19. The van der Waals surface area contributed by atoms with Gasteiger partial charge in [-0.3, -0.25) is 9.69 Å². The highest BCUT2D eigenvalue weighted by Gasteiger charge is 2.34. The number of carboxylic acid groups (broad SMARTS) is 1. The molecule has 20 heavy (non-hydrogen) atoms. The maximum atomic E-state index is 11.5. The van der Waals surface area contributed by atoms with E-state index in [4.69, 9.17) is 11.6 Å². The summed E-state index contributed by atoms with van der Waals surface area (Å²) in [6.07, 6.45) is 1.55. The Hall–Kier alpha value is -1.06. The van der Waals surface area contributed by atoms with Crippen molar-refractivity contribution in [2.75, 3.05) is 13.6 Å². The Kier molecular flexibility index (Phi) is 6.03. The molecule has 0 saturated heterocycles. The van der Waals surface area contributed by atoms with Crippen LogP contribution in [0.3, 0.4) is 0 Å². The first kappa shape index (κ1) is 17.0. The van der Waals surface area contributed by atoms with E-state index in [-0.39, 0.29) is 6.04 Å². The summed E-state index contributed by atoms with van der Waals surface area (Å²) in [5.41, 5.74) is 0.436. The van der Waals surface area contributed by atoms with Gasteiger partial charge in [-0.15, -0.1) is 0 Å². The molecule has 112 valence electrons. The molecule has 4 heteroatoms. The van der Waals surface area contributed by atoms with Crippen LogP contribution < -0.4 is 0 Å². The molecule has 0 aliphatic rings. The Balaban J connectivity index is 2.80. The lowest BCUT2D eigenvalue weighted by Gasteiger charge is -2.33. The van der Waals surface area contributed by atoms with Gasteiger partial charge >= 0.3 is 5.97 Å². The van der Waals surface area contributed by atoms with Gasteiger partial charge in [-0.1, -0.05) is 37.1 Å². The van der Waals surface area contributed by atoms with Crippen LogP contribution >= 0.6 is 11.6 Å². The van der Waals surface area contributed by atoms with Gasteiger partial charge < -0.3 is 5.11 Å². The molecule has 0 aromatic heterocycles. The second kappa shape index (κ2) is 7.09. The molecule has 2 atom stereocenters. The Morgan fingerprint density at radius 2 is 1.95 bits per heavy atom. The third kappa shape index (κ3) is 4.22. The van der Waals surface area contributed by atoms with Crippen LogP contribution in [0.15, 0.2) is 24.3 Å². The maximum Gasteiger partial charge on any atom is 0.310 e. The van der Waals surface area contributed by atoms with Gasteiger partial charge in [-0.2, -0.15) is 0 Å². The molecule has 0 fully saturated rings. The van der Waals surface area contributed by atoms with E-state index in [1.54, 1.807) is 0 Å². The summed E-state index contributed by atoms with van der Waals surface area (Å²) in [5, 5.41) is 10.2. The predicted octanol–water partition coefficient (Wildman–Crippen LogP) is 4.22. The highest BCUT2D eigenvalue weighted by atomic mass is 35.5. The molecule has 2 unspecified atom stereocenters. The molecule has 0 heterocycles. The summed E-state index contributed by atoms with van der Waals surface area (Å²) in [6, 6.07) is 7.86. The van der Waals surface area contributed by atoms with Gasteiger partial charge in [0.05, 0.1) is 5.41 Å². The van der Waals surface area contributed by atoms with E-state index >= 15 is 0 Å². The van der Waals surface area contributed by atoms with Crippen LogP contribution in [0.1, 0.15) is 45.2 Å². The average molecular weight is 298 g/mol. The quantitative estimate of drug-likeness (QED) is 0.819. The van der Waals surface area contributed by atoms with E-state index in [0.717, 1.165) is 12.0 Å². The number of halogens is 1. The summed E-state index contributed by atoms with van der Waals surface area (Å²) in [7, 11) is 1.97. The third-order valence-electron chi connectivity index (χ3n) is 3.93. The largest absolute Gasteiger partial charge is 0.481 e. The molecule has 0 bridgehead atoms. The lowest BCUT2D eigenvalue weighted by molar-refractivity contribution is -0.149. The number of hydrogen-bond donors (Lipinski definition) is 1. The molecule has 1 aromatic rings. The molecular formula is C16H24ClNO2.